The van der Waals surface area contributed by atoms with Crippen molar-refractivity contribution >= 4 is 11.4 Å². The molecule has 0 bridgehead atoms. The zero-order valence-electron chi connectivity index (χ0n) is 17.8. The topological polar surface area (TPSA) is 52.0 Å². The van der Waals surface area contributed by atoms with Crippen LogP contribution in [0.15, 0.2) is 24.3 Å². The third kappa shape index (κ3) is 5.06. The van der Waals surface area contributed by atoms with Gasteiger partial charge in [-0.3, -0.25) is 0 Å². The number of hydrogen-bond donors (Lipinski definition) is 2. The predicted octanol–water partition coefficient (Wildman–Crippen LogP) is 6.25. The number of nitrogens with two attached hydrogens (primary N) is 2. The van der Waals surface area contributed by atoms with E-state index in [1.54, 1.807) is 0 Å². The van der Waals surface area contributed by atoms with Gasteiger partial charge < -0.3 is 11.5 Å². The summed E-state index contributed by atoms with van der Waals surface area (Å²) >= 11 is 0. The van der Waals surface area contributed by atoms with Crippen molar-refractivity contribution in [2.75, 3.05) is 11.5 Å². The van der Waals surface area contributed by atoms with Crippen molar-refractivity contribution < 1.29 is 0 Å². The van der Waals surface area contributed by atoms with Gasteiger partial charge in [-0.05, 0) is 77.6 Å². The van der Waals surface area contributed by atoms with Crippen molar-refractivity contribution in [3.8, 4) is 0 Å². The van der Waals surface area contributed by atoms with Crippen LogP contribution in [0.5, 0.6) is 0 Å². The SMILES string of the molecule is CCCc1c(N)ccc(Cc2ccc(N)c(CCC)c2CCC)c1CCC. The van der Waals surface area contributed by atoms with Crippen molar-refractivity contribution in [1.82, 2.24) is 0 Å². The normalized spacial score (nSPS) is 11.1. The lowest BCUT2D eigenvalue weighted by molar-refractivity contribution is 0.837. The van der Waals surface area contributed by atoms with E-state index in [0.717, 1.165) is 69.2 Å². The van der Waals surface area contributed by atoms with Crippen molar-refractivity contribution in [2.45, 2.75) is 85.5 Å². The standard InChI is InChI=1S/C25H38N2/c1-5-9-20-18(13-15-24(26)22(20)11-7-3)17-19-14-16-25(27)23(12-8-4)21(19)10-6-2/h13-16H,5-12,17,26-27H2,1-4H3. The molecule has 2 rings (SSSR count). The van der Waals surface area contributed by atoms with E-state index in [-0.39, 0.29) is 0 Å². The van der Waals surface area contributed by atoms with Crippen LogP contribution in [-0.2, 0) is 32.1 Å². The van der Waals surface area contributed by atoms with Crippen molar-refractivity contribution in [3.05, 3.63) is 57.6 Å². The van der Waals surface area contributed by atoms with Gasteiger partial charge in [0.05, 0.1) is 0 Å². The first-order chi connectivity index (χ1) is 13.1. The van der Waals surface area contributed by atoms with Crippen LogP contribution in [-0.4, -0.2) is 0 Å². The lowest BCUT2D eigenvalue weighted by Crippen LogP contribution is -2.08. The van der Waals surface area contributed by atoms with Crippen LogP contribution in [0.4, 0.5) is 11.4 Å². The highest BCUT2D eigenvalue weighted by Gasteiger charge is 2.15. The molecule has 0 radical (unpaired) electrons. The molecular weight excluding hydrogens is 328 g/mol. The lowest BCUT2D eigenvalue weighted by atomic mass is 9.86. The highest BCUT2D eigenvalue weighted by molar-refractivity contribution is 5.58. The van der Waals surface area contributed by atoms with Gasteiger partial charge in [-0.1, -0.05) is 65.5 Å². The fourth-order valence-electron chi connectivity index (χ4n) is 4.27. The van der Waals surface area contributed by atoms with Crippen LogP contribution in [0, 0.1) is 0 Å². The number of benzene rings is 2. The summed E-state index contributed by atoms with van der Waals surface area (Å²) in [5.74, 6) is 0. The molecule has 0 aliphatic carbocycles. The third-order valence-corrected chi connectivity index (χ3v) is 5.51. The van der Waals surface area contributed by atoms with Crippen molar-refractivity contribution in [1.29, 1.82) is 0 Å². The van der Waals surface area contributed by atoms with Gasteiger partial charge in [0, 0.05) is 11.4 Å². The molecule has 2 aromatic rings. The fourth-order valence-corrected chi connectivity index (χ4v) is 4.27. The Kier molecular flexibility index (Phi) is 8.22. The van der Waals surface area contributed by atoms with Gasteiger partial charge in [-0.25, -0.2) is 0 Å². The molecule has 0 fully saturated rings. The quantitative estimate of drug-likeness (QED) is 0.488. The van der Waals surface area contributed by atoms with Gasteiger partial charge in [0.25, 0.3) is 0 Å². The summed E-state index contributed by atoms with van der Waals surface area (Å²) in [6.45, 7) is 8.98. The molecule has 0 aliphatic heterocycles. The first kappa shape index (κ1) is 21.3. The number of hydrogen-bond acceptors (Lipinski definition) is 2. The number of nitrogen functional groups attached to an aromatic ring is 2. The fraction of sp³-hybridized carbons (Fsp3) is 0.520. The van der Waals surface area contributed by atoms with Gasteiger partial charge in [-0.2, -0.15) is 0 Å². The molecule has 2 nitrogen and oxygen atoms in total. The molecule has 148 valence electrons. The molecular formula is C25H38N2. The van der Waals surface area contributed by atoms with E-state index in [0.29, 0.717) is 0 Å². The second-order valence-corrected chi connectivity index (χ2v) is 7.72. The maximum absolute atomic E-state index is 6.34. The molecule has 0 saturated heterocycles. The summed E-state index contributed by atoms with van der Waals surface area (Å²) in [6.07, 6.45) is 9.90. The minimum Gasteiger partial charge on any atom is -0.398 e. The summed E-state index contributed by atoms with van der Waals surface area (Å²) in [5.41, 5.74) is 23.2. The Morgan fingerprint density at radius 2 is 0.852 bits per heavy atom. The van der Waals surface area contributed by atoms with E-state index in [2.05, 4.69) is 52.0 Å². The van der Waals surface area contributed by atoms with Crippen molar-refractivity contribution in [2.24, 2.45) is 0 Å². The largest absolute Gasteiger partial charge is 0.398 e. The molecule has 4 N–H and O–H groups in total. The Morgan fingerprint density at radius 1 is 0.519 bits per heavy atom. The van der Waals surface area contributed by atoms with Gasteiger partial charge in [-0.15, -0.1) is 0 Å². The molecule has 0 unspecified atom stereocenters. The first-order valence-corrected chi connectivity index (χ1v) is 10.8. The van der Waals surface area contributed by atoms with Gasteiger partial charge in [0.2, 0.25) is 0 Å². The molecule has 0 saturated carbocycles. The Bertz CT molecular complexity index is 683. The lowest BCUT2D eigenvalue weighted by Gasteiger charge is -2.20. The molecule has 0 spiro atoms. The minimum atomic E-state index is 0.960. The molecule has 0 amide bonds. The summed E-state index contributed by atoms with van der Waals surface area (Å²) < 4.78 is 0. The Balaban J connectivity index is 2.53. The Hall–Kier alpha value is -1.96. The first-order valence-electron chi connectivity index (χ1n) is 10.8. The number of anilines is 2. The number of rotatable bonds is 10. The van der Waals surface area contributed by atoms with Gasteiger partial charge in [0.15, 0.2) is 0 Å². The second-order valence-electron chi connectivity index (χ2n) is 7.72. The average Bonchev–Trinajstić information content (AvgIpc) is 2.65. The molecule has 2 aromatic carbocycles. The second kappa shape index (κ2) is 10.4. The summed E-state index contributed by atoms with van der Waals surface area (Å²) in [6, 6.07) is 8.74. The molecule has 0 atom stereocenters. The zero-order chi connectivity index (χ0) is 19.8. The van der Waals surface area contributed by atoms with E-state index < -0.39 is 0 Å². The highest BCUT2D eigenvalue weighted by atomic mass is 14.6. The highest BCUT2D eigenvalue weighted by Crippen LogP contribution is 2.30. The van der Waals surface area contributed by atoms with Crippen LogP contribution in [0.25, 0.3) is 0 Å². The zero-order valence-corrected chi connectivity index (χ0v) is 17.8. The monoisotopic (exact) mass is 366 g/mol. The Morgan fingerprint density at radius 3 is 1.19 bits per heavy atom. The van der Waals surface area contributed by atoms with Crippen LogP contribution < -0.4 is 11.5 Å². The van der Waals surface area contributed by atoms with Crippen LogP contribution >= 0.6 is 0 Å². The van der Waals surface area contributed by atoms with Gasteiger partial charge >= 0.3 is 0 Å². The van der Waals surface area contributed by atoms with Crippen LogP contribution in [0.1, 0.15) is 86.8 Å². The molecule has 0 heterocycles. The summed E-state index contributed by atoms with van der Waals surface area (Å²) in [7, 11) is 0. The van der Waals surface area contributed by atoms with E-state index in [4.69, 9.17) is 11.5 Å². The van der Waals surface area contributed by atoms with Crippen molar-refractivity contribution in [3.63, 3.8) is 0 Å². The van der Waals surface area contributed by atoms with E-state index in [1.165, 1.54) is 33.4 Å². The maximum Gasteiger partial charge on any atom is 0.0349 e. The van der Waals surface area contributed by atoms with Crippen LogP contribution in [0.3, 0.4) is 0 Å². The smallest absolute Gasteiger partial charge is 0.0349 e. The molecule has 0 aliphatic rings. The van der Waals surface area contributed by atoms with E-state index in [9.17, 15) is 0 Å². The van der Waals surface area contributed by atoms with E-state index in [1.807, 2.05) is 0 Å². The van der Waals surface area contributed by atoms with Crippen LogP contribution in [0.2, 0.25) is 0 Å². The Labute approximate surface area is 166 Å². The molecule has 27 heavy (non-hydrogen) atoms. The molecule has 2 heteroatoms. The molecule has 0 aromatic heterocycles. The summed E-state index contributed by atoms with van der Waals surface area (Å²) in [4.78, 5) is 0. The summed E-state index contributed by atoms with van der Waals surface area (Å²) in [5, 5.41) is 0. The van der Waals surface area contributed by atoms with E-state index >= 15 is 0 Å². The average molecular weight is 367 g/mol. The third-order valence-electron chi connectivity index (χ3n) is 5.51. The predicted molar refractivity (Wildman–Crippen MR) is 120 cm³/mol. The maximum atomic E-state index is 6.34. The van der Waals surface area contributed by atoms with Gasteiger partial charge in [0.1, 0.15) is 0 Å². The minimum absolute atomic E-state index is 0.960.